The van der Waals surface area contributed by atoms with Gasteiger partial charge in [0.15, 0.2) is 0 Å². The monoisotopic (exact) mass is 427 g/mol. The van der Waals surface area contributed by atoms with Gasteiger partial charge in [-0.1, -0.05) is 12.1 Å². The highest BCUT2D eigenvalue weighted by Gasteiger charge is 2.55. The number of morpholine rings is 1. The van der Waals surface area contributed by atoms with Crippen LogP contribution in [0.2, 0.25) is 0 Å². The normalized spacial score (nSPS) is 25.4. The smallest absolute Gasteiger partial charge is 0.233 e. The SMILES string of the molecule is COc1ccc(C2(C(=O)N3CC(N4CC(C(=O)N5CCOCC5)CC4=O)C3)CC2)cc1. The summed E-state index contributed by atoms with van der Waals surface area (Å²) in [7, 11) is 1.63. The van der Waals surface area contributed by atoms with E-state index in [1.165, 1.54) is 0 Å². The second-order valence-corrected chi connectivity index (χ2v) is 9.06. The lowest BCUT2D eigenvalue weighted by Crippen LogP contribution is -2.63. The number of benzene rings is 1. The second kappa shape index (κ2) is 7.82. The predicted octanol–water partition coefficient (Wildman–Crippen LogP) is 0.645. The van der Waals surface area contributed by atoms with Crippen molar-refractivity contribution in [2.75, 3.05) is 53.0 Å². The van der Waals surface area contributed by atoms with Gasteiger partial charge in [-0.15, -0.1) is 0 Å². The van der Waals surface area contributed by atoms with Crippen LogP contribution in [0.4, 0.5) is 0 Å². The number of ether oxygens (including phenoxy) is 2. The standard InChI is InChI=1S/C23H29N3O5/c1-30-19-4-2-17(3-5-19)23(6-7-23)22(29)25-14-18(15-25)26-13-16(12-20(26)27)21(28)24-8-10-31-11-9-24/h2-5,16,18H,6-15H2,1H3. The molecule has 0 aromatic heterocycles. The van der Waals surface area contributed by atoms with Crippen LogP contribution in [0, 0.1) is 5.92 Å². The molecule has 1 aromatic carbocycles. The van der Waals surface area contributed by atoms with Crippen LogP contribution >= 0.6 is 0 Å². The maximum atomic E-state index is 13.2. The lowest BCUT2D eigenvalue weighted by Gasteiger charge is -2.45. The molecule has 0 spiro atoms. The first-order valence-corrected chi connectivity index (χ1v) is 11.1. The molecular weight excluding hydrogens is 398 g/mol. The van der Waals surface area contributed by atoms with Gasteiger partial charge < -0.3 is 24.2 Å². The lowest BCUT2D eigenvalue weighted by molar-refractivity contribution is -0.146. The molecule has 1 aliphatic carbocycles. The number of rotatable bonds is 5. The second-order valence-electron chi connectivity index (χ2n) is 9.06. The Balaban J connectivity index is 1.17. The fourth-order valence-corrected chi connectivity index (χ4v) is 5.07. The third kappa shape index (κ3) is 3.56. The van der Waals surface area contributed by atoms with Crippen molar-refractivity contribution in [3.05, 3.63) is 29.8 Å². The number of amides is 3. The Bertz CT molecular complexity index is 870. The van der Waals surface area contributed by atoms with Gasteiger partial charge in [0, 0.05) is 39.1 Å². The van der Waals surface area contributed by atoms with E-state index in [9.17, 15) is 14.4 Å². The van der Waals surface area contributed by atoms with Crippen LogP contribution in [0.1, 0.15) is 24.8 Å². The highest BCUT2D eigenvalue weighted by Crippen LogP contribution is 2.50. The molecule has 4 aliphatic rings. The van der Waals surface area contributed by atoms with Gasteiger partial charge in [-0.2, -0.15) is 0 Å². The number of methoxy groups -OCH3 is 1. The van der Waals surface area contributed by atoms with Crippen molar-refractivity contribution < 1.29 is 23.9 Å². The maximum Gasteiger partial charge on any atom is 0.233 e. The summed E-state index contributed by atoms with van der Waals surface area (Å²) in [6.07, 6.45) is 1.99. The van der Waals surface area contributed by atoms with Crippen molar-refractivity contribution in [2.45, 2.75) is 30.7 Å². The Labute approximate surface area is 182 Å². The summed E-state index contributed by atoms with van der Waals surface area (Å²) < 4.78 is 10.5. The molecule has 3 heterocycles. The first-order chi connectivity index (χ1) is 15.0. The number of hydrogen-bond acceptors (Lipinski definition) is 5. The minimum absolute atomic E-state index is 0.0191. The molecule has 1 unspecified atom stereocenters. The average molecular weight is 428 g/mol. The van der Waals surface area contributed by atoms with E-state index in [1.54, 1.807) is 7.11 Å². The van der Waals surface area contributed by atoms with E-state index in [0.29, 0.717) is 45.9 Å². The Hall–Kier alpha value is -2.61. The van der Waals surface area contributed by atoms with Gasteiger partial charge in [0.1, 0.15) is 5.75 Å². The zero-order valence-corrected chi connectivity index (χ0v) is 17.9. The molecule has 1 atom stereocenters. The molecule has 3 amide bonds. The van der Waals surface area contributed by atoms with E-state index in [0.717, 1.165) is 24.2 Å². The maximum absolute atomic E-state index is 13.2. The minimum Gasteiger partial charge on any atom is -0.497 e. The van der Waals surface area contributed by atoms with Crippen LogP contribution in [-0.2, 0) is 24.5 Å². The van der Waals surface area contributed by atoms with E-state index >= 15 is 0 Å². The summed E-state index contributed by atoms with van der Waals surface area (Å²) in [5, 5.41) is 0. The Morgan fingerprint density at radius 3 is 2.32 bits per heavy atom. The van der Waals surface area contributed by atoms with Gasteiger partial charge in [-0.25, -0.2) is 0 Å². The molecule has 1 saturated carbocycles. The van der Waals surface area contributed by atoms with Crippen LogP contribution in [0.25, 0.3) is 0 Å². The van der Waals surface area contributed by atoms with Gasteiger partial charge >= 0.3 is 0 Å². The molecule has 1 aromatic rings. The molecule has 3 saturated heterocycles. The van der Waals surface area contributed by atoms with Crippen LogP contribution in [0.5, 0.6) is 5.75 Å². The number of nitrogens with zero attached hydrogens (tertiary/aromatic N) is 3. The molecule has 0 bridgehead atoms. The molecule has 4 fully saturated rings. The van der Waals surface area contributed by atoms with Crippen LogP contribution in [0.15, 0.2) is 24.3 Å². The predicted molar refractivity (Wildman–Crippen MR) is 111 cm³/mol. The Morgan fingerprint density at radius 1 is 1.03 bits per heavy atom. The Kier molecular flexibility index (Phi) is 5.12. The number of carbonyl (C=O) groups is 3. The third-order valence-corrected chi connectivity index (χ3v) is 7.22. The summed E-state index contributed by atoms with van der Waals surface area (Å²) >= 11 is 0. The van der Waals surface area contributed by atoms with Gasteiger partial charge in [-0.3, -0.25) is 14.4 Å². The van der Waals surface area contributed by atoms with Crippen molar-refractivity contribution in [1.29, 1.82) is 0 Å². The van der Waals surface area contributed by atoms with Crippen molar-refractivity contribution in [3.8, 4) is 5.75 Å². The quantitative estimate of drug-likeness (QED) is 0.689. The fourth-order valence-electron chi connectivity index (χ4n) is 5.07. The van der Waals surface area contributed by atoms with Crippen molar-refractivity contribution in [3.63, 3.8) is 0 Å². The fraction of sp³-hybridized carbons (Fsp3) is 0.609. The summed E-state index contributed by atoms with van der Waals surface area (Å²) in [6.45, 7) is 3.90. The van der Waals surface area contributed by atoms with Crippen LogP contribution in [-0.4, -0.2) is 91.5 Å². The molecule has 166 valence electrons. The zero-order valence-electron chi connectivity index (χ0n) is 17.9. The minimum atomic E-state index is -0.416. The first-order valence-electron chi connectivity index (χ1n) is 11.1. The van der Waals surface area contributed by atoms with Gasteiger partial charge in [0.05, 0.1) is 37.7 Å². The highest BCUT2D eigenvalue weighted by molar-refractivity contribution is 5.93. The van der Waals surface area contributed by atoms with Gasteiger partial charge in [0.2, 0.25) is 17.7 Å². The van der Waals surface area contributed by atoms with E-state index in [4.69, 9.17) is 9.47 Å². The molecule has 8 nitrogen and oxygen atoms in total. The summed E-state index contributed by atoms with van der Waals surface area (Å²) in [5.41, 5.74) is 0.622. The van der Waals surface area contributed by atoms with Crippen molar-refractivity contribution in [1.82, 2.24) is 14.7 Å². The van der Waals surface area contributed by atoms with Crippen molar-refractivity contribution >= 4 is 17.7 Å². The third-order valence-electron chi connectivity index (χ3n) is 7.22. The van der Waals surface area contributed by atoms with Gasteiger partial charge in [-0.05, 0) is 30.5 Å². The number of hydrogen-bond donors (Lipinski definition) is 0. The molecule has 0 radical (unpaired) electrons. The van der Waals surface area contributed by atoms with E-state index in [2.05, 4.69) is 0 Å². The summed E-state index contributed by atoms with van der Waals surface area (Å²) in [5.74, 6) is 0.749. The topological polar surface area (TPSA) is 79.4 Å². The Morgan fingerprint density at radius 2 is 1.71 bits per heavy atom. The number of likely N-dealkylation sites (tertiary alicyclic amines) is 2. The zero-order chi connectivity index (χ0) is 21.6. The molecule has 0 N–H and O–H groups in total. The molecule has 3 aliphatic heterocycles. The van der Waals surface area contributed by atoms with Crippen LogP contribution in [0.3, 0.4) is 0 Å². The highest BCUT2D eigenvalue weighted by atomic mass is 16.5. The van der Waals surface area contributed by atoms with E-state index in [-0.39, 0.29) is 36.1 Å². The molecule has 31 heavy (non-hydrogen) atoms. The first kappa shape index (κ1) is 20.3. The summed E-state index contributed by atoms with van der Waals surface area (Å²) in [6, 6.07) is 7.77. The van der Waals surface area contributed by atoms with E-state index in [1.807, 2.05) is 39.0 Å². The summed E-state index contributed by atoms with van der Waals surface area (Å²) in [4.78, 5) is 44.0. The molecular formula is C23H29N3O5. The number of carbonyl (C=O) groups excluding carboxylic acids is 3. The van der Waals surface area contributed by atoms with Gasteiger partial charge in [0.25, 0.3) is 0 Å². The molecule has 5 rings (SSSR count). The average Bonchev–Trinajstić information content (AvgIpc) is 3.51. The molecule has 8 heteroatoms. The lowest BCUT2D eigenvalue weighted by atomic mass is 9.92. The van der Waals surface area contributed by atoms with Crippen molar-refractivity contribution in [2.24, 2.45) is 5.92 Å². The van der Waals surface area contributed by atoms with Crippen LogP contribution < -0.4 is 4.74 Å². The van der Waals surface area contributed by atoms with E-state index < -0.39 is 5.41 Å². The largest absolute Gasteiger partial charge is 0.497 e.